The van der Waals surface area contributed by atoms with Crippen LogP contribution in [0.3, 0.4) is 0 Å². The third kappa shape index (κ3) is 9.83. The second kappa shape index (κ2) is 15.3. The Bertz CT molecular complexity index is 880. The second-order valence-electron chi connectivity index (χ2n) is 8.23. The molecule has 0 aliphatic rings. The maximum atomic E-state index is 11.6. The number of fused-ring (bicyclic) bond motifs is 1. The van der Waals surface area contributed by atoms with E-state index in [-0.39, 0.29) is 34.5 Å². The molecule has 0 spiro atoms. The third-order valence-electron chi connectivity index (χ3n) is 5.82. The molecule has 31 heavy (non-hydrogen) atoms. The van der Waals surface area contributed by atoms with Gasteiger partial charge in [0.25, 0.3) is 0 Å². The molecule has 0 amide bonds. The van der Waals surface area contributed by atoms with Crippen LogP contribution in [-0.2, 0) is 16.5 Å². The van der Waals surface area contributed by atoms with Crippen molar-refractivity contribution in [3.63, 3.8) is 0 Å². The van der Waals surface area contributed by atoms with Crippen molar-refractivity contribution in [1.82, 2.24) is 0 Å². The monoisotopic (exact) mass is 456 g/mol. The number of aryl methyl sites for hydroxylation is 1. The number of benzene rings is 2. The van der Waals surface area contributed by atoms with Crippen LogP contribution in [0.4, 0.5) is 0 Å². The quantitative estimate of drug-likeness (QED) is 0.231. The van der Waals surface area contributed by atoms with Crippen molar-refractivity contribution < 1.29 is 47.3 Å². The van der Waals surface area contributed by atoms with Crippen LogP contribution < -0.4 is 34.3 Å². The van der Waals surface area contributed by atoms with Crippen molar-refractivity contribution in [2.24, 2.45) is 0 Å². The first kappa shape index (κ1) is 28.4. The molecule has 168 valence electrons. The third-order valence-corrected chi connectivity index (χ3v) is 6.64. The number of rotatable bonds is 15. The molecule has 0 N–H and O–H groups in total. The molecule has 0 aliphatic carbocycles. The molecule has 0 unspecified atom stereocenters. The maximum Gasteiger partial charge on any atom is 1.00 e. The number of ether oxygens (including phenoxy) is 1. The van der Waals surface area contributed by atoms with Crippen LogP contribution in [0.1, 0.15) is 89.5 Å². The van der Waals surface area contributed by atoms with E-state index < -0.39 is 10.1 Å². The van der Waals surface area contributed by atoms with E-state index in [0.717, 1.165) is 30.2 Å². The van der Waals surface area contributed by atoms with E-state index in [1.165, 1.54) is 70.3 Å². The Hall–Kier alpha value is -0.590. The Morgan fingerprint density at radius 1 is 0.806 bits per heavy atom. The predicted molar refractivity (Wildman–Crippen MR) is 123 cm³/mol. The number of hydrogen-bond acceptors (Lipinski definition) is 4. The van der Waals surface area contributed by atoms with Crippen LogP contribution in [0.15, 0.2) is 35.2 Å². The van der Waals surface area contributed by atoms with Gasteiger partial charge in [-0.25, -0.2) is 8.42 Å². The molecule has 0 heterocycles. The molecule has 0 aliphatic heterocycles. The minimum Gasteiger partial charge on any atom is -0.744 e. The van der Waals surface area contributed by atoms with Crippen molar-refractivity contribution in [2.45, 2.75) is 95.3 Å². The zero-order chi connectivity index (χ0) is 21.8. The van der Waals surface area contributed by atoms with Gasteiger partial charge in [-0.2, -0.15) is 0 Å². The zero-order valence-electron chi connectivity index (χ0n) is 19.6. The molecule has 6 heteroatoms. The van der Waals surface area contributed by atoms with Crippen molar-refractivity contribution in [1.29, 1.82) is 0 Å². The SMILES string of the molecule is CCCCCCCCCCCCCCc1cc(S(=O)(=O)[O-])cc2c(OC)cccc12.[Na+]. The molecule has 2 rings (SSSR count). The Morgan fingerprint density at radius 3 is 1.87 bits per heavy atom. The molecule has 0 bridgehead atoms. The summed E-state index contributed by atoms with van der Waals surface area (Å²) in [6, 6.07) is 8.63. The van der Waals surface area contributed by atoms with Gasteiger partial charge in [0.2, 0.25) is 0 Å². The van der Waals surface area contributed by atoms with Gasteiger partial charge in [-0.05, 0) is 42.0 Å². The van der Waals surface area contributed by atoms with Gasteiger partial charge in [0.15, 0.2) is 0 Å². The summed E-state index contributed by atoms with van der Waals surface area (Å²) in [5, 5.41) is 1.65. The summed E-state index contributed by atoms with van der Waals surface area (Å²) in [5.41, 5.74) is 0.910. The molecule has 0 aromatic heterocycles. The van der Waals surface area contributed by atoms with E-state index in [9.17, 15) is 13.0 Å². The minimum absolute atomic E-state index is 0. The van der Waals surface area contributed by atoms with Gasteiger partial charge in [0, 0.05) is 5.39 Å². The molecular weight excluding hydrogens is 419 g/mol. The fourth-order valence-electron chi connectivity index (χ4n) is 4.09. The van der Waals surface area contributed by atoms with E-state index >= 15 is 0 Å². The van der Waals surface area contributed by atoms with Crippen molar-refractivity contribution in [2.75, 3.05) is 7.11 Å². The molecule has 2 aromatic rings. The minimum atomic E-state index is -4.50. The normalized spacial score (nSPS) is 11.5. The fraction of sp³-hybridized carbons (Fsp3) is 0.600. The molecular formula is C25H37NaO4S. The first-order valence-corrected chi connectivity index (χ1v) is 12.9. The van der Waals surface area contributed by atoms with Gasteiger partial charge in [-0.15, -0.1) is 0 Å². The summed E-state index contributed by atoms with van der Waals surface area (Å²) in [5.74, 6) is 0.592. The van der Waals surface area contributed by atoms with Crippen LogP contribution in [0.25, 0.3) is 10.8 Å². The van der Waals surface area contributed by atoms with Crippen LogP contribution >= 0.6 is 0 Å². The van der Waals surface area contributed by atoms with Gasteiger partial charge in [-0.1, -0.05) is 89.7 Å². The van der Waals surface area contributed by atoms with Crippen molar-refractivity contribution in [3.8, 4) is 5.75 Å². The second-order valence-corrected chi connectivity index (χ2v) is 9.61. The summed E-state index contributed by atoms with van der Waals surface area (Å²) in [4.78, 5) is -0.173. The van der Waals surface area contributed by atoms with Gasteiger partial charge in [0.05, 0.1) is 12.0 Å². The molecule has 0 saturated carbocycles. The first-order chi connectivity index (χ1) is 14.5. The largest absolute Gasteiger partial charge is 1.00 e. The van der Waals surface area contributed by atoms with Crippen LogP contribution in [0, 0.1) is 0 Å². The molecule has 0 saturated heterocycles. The smallest absolute Gasteiger partial charge is 0.744 e. The van der Waals surface area contributed by atoms with E-state index in [2.05, 4.69) is 6.92 Å². The molecule has 0 radical (unpaired) electrons. The van der Waals surface area contributed by atoms with Gasteiger partial charge in [0.1, 0.15) is 15.9 Å². The van der Waals surface area contributed by atoms with E-state index in [1.54, 1.807) is 19.2 Å². The number of hydrogen-bond donors (Lipinski definition) is 0. The Morgan fingerprint density at radius 2 is 1.35 bits per heavy atom. The zero-order valence-corrected chi connectivity index (χ0v) is 22.4. The Balaban J connectivity index is 0.00000480. The predicted octanol–water partition coefficient (Wildman–Crippen LogP) is 4.00. The standard InChI is InChI=1S/C25H38O4S.Na/c1-3-4-5-6-7-8-9-10-11-12-13-14-16-21-19-22(30(26,27)28)20-24-23(21)17-15-18-25(24)29-2;/h15,17-20H,3-14,16H2,1-2H3,(H,26,27,28);/q;+1/p-1. The topological polar surface area (TPSA) is 66.4 Å². The summed E-state index contributed by atoms with van der Waals surface area (Å²) >= 11 is 0. The van der Waals surface area contributed by atoms with E-state index in [4.69, 9.17) is 4.74 Å². The van der Waals surface area contributed by atoms with Crippen LogP contribution in [-0.4, -0.2) is 20.1 Å². The summed E-state index contributed by atoms with van der Waals surface area (Å²) in [6.07, 6.45) is 16.1. The summed E-state index contributed by atoms with van der Waals surface area (Å²) < 4.78 is 40.2. The van der Waals surface area contributed by atoms with E-state index in [0.29, 0.717) is 11.1 Å². The van der Waals surface area contributed by atoms with Gasteiger partial charge < -0.3 is 9.29 Å². The van der Waals surface area contributed by atoms with Gasteiger partial charge >= 0.3 is 29.6 Å². The summed E-state index contributed by atoms with van der Waals surface area (Å²) in [7, 11) is -2.95. The Labute approximate surface area is 211 Å². The Kier molecular flexibility index (Phi) is 14.0. The molecule has 0 atom stereocenters. The van der Waals surface area contributed by atoms with E-state index in [1.807, 2.05) is 12.1 Å². The number of unbranched alkanes of at least 4 members (excludes halogenated alkanes) is 11. The average Bonchev–Trinajstić information content (AvgIpc) is 2.73. The van der Waals surface area contributed by atoms with Crippen molar-refractivity contribution >= 4 is 20.9 Å². The average molecular weight is 457 g/mol. The molecule has 4 nitrogen and oxygen atoms in total. The van der Waals surface area contributed by atoms with Crippen molar-refractivity contribution in [3.05, 3.63) is 35.9 Å². The first-order valence-electron chi connectivity index (χ1n) is 11.5. The molecule has 0 fully saturated rings. The fourth-order valence-corrected chi connectivity index (χ4v) is 4.64. The van der Waals surface area contributed by atoms with Gasteiger partial charge in [-0.3, -0.25) is 0 Å². The molecule has 2 aromatic carbocycles. The van der Waals surface area contributed by atoms with Crippen LogP contribution in [0.5, 0.6) is 5.75 Å². The van der Waals surface area contributed by atoms with Crippen LogP contribution in [0.2, 0.25) is 0 Å². The number of methoxy groups -OCH3 is 1. The maximum absolute atomic E-state index is 11.6. The summed E-state index contributed by atoms with van der Waals surface area (Å²) in [6.45, 7) is 2.25.